The van der Waals surface area contributed by atoms with Gasteiger partial charge in [0.05, 0.1) is 5.60 Å². The van der Waals surface area contributed by atoms with E-state index in [4.69, 9.17) is 0 Å². The molecule has 1 heteroatoms. The predicted molar refractivity (Wildman–Crippen MR) is 54.5 cm³/mol. The van der Waals surface area contributed by atoms with E-state index in [9.17, 15) is 5.11 Å². The molecule has 1 nitrogen and oxygen atoms in total. The monoisotopic (exact) mass is 182 g/mol. The van der Waals surface area contributed by atoms with Crippen molar-refractivity contribution < 1.29 is 5.11 Å². The van der Waals surface area contributed by atoms with Gasteiger partial charge in [0.2, 0.25) is 0 Å². The van der Waals surface area contributed by atoms with Gasteiger partial charge in [-0.2, -0.15) is 0 Å². The predicted octanol–water partition coefficient (Wildman–Crippen LogP) is 2.97. The Morgan fingerprint density at radius 3 is 2.00 bits per heavy atom. The van der Waals surface area contributed by atoms with Crippen LogP contribution in [-0.4, -0.2) is 10.7 Å². The molecule has 0 radical (unpaired) electrons. The van der Waals surface area contributed by atoms with Gasteiger partial charge in [-0.25, -0.2) is 0 Å². The highest BCUT2D eigenvalue weighted by molar-refractivity contribution is 4.96. The van der Waals surface area contributed by atoms with E-state index in [1.54, 1.807) is 0 Å². The lowest BCUT2D eigenvalue weighted by Gasteiger charge is -2.47. The van der Waals surface area contributed by atoms with Crippen LogP contribution in [0.4, 0.5) is 0 Å². The van der Waals surface area contributed by atoms with Crippen molar-refractivity contribution in [1.82, 2.24) is 0 Å². The van der Waals surface area contributed by atoms with Gasteiger partial charge in [-0.15, -0.1) is 0 Å². The highest BCUT2D eigenvalue weighted by atomic mass is 16.3. The van der Waals surface area contributed by atoms with Gasteiger partial charge in [0.25, 0.3) is 0 Å². The Bertz CT molecular complexity index is 174. The van der Waals surface area contributed by atoms with E-state index >= 15 is 0 Å². The normalized spacial score (nSPS) is 47.3. The van der Waals surface area contributed by atoms with Gasteiger partial charge in [-0.3, -0.25) is 0 Å². The lowest BCUT2D eigenvalue weighted by molar-refractivity contribution is -0.101. The van der Waals surface area contributed by atoms with E-state index in [0.717, 1.165) is 24.7 Å². The van der Waals surface area contributed by atoms with Crippen LogP contribution in [0.5, 0.6) is 0 Å². The van der Waals surface area contributed by atoms with Crippen molar-refractivity contribution in [1.29, 1.82) is 0 Å². The fraction of sp³-hybridized carbons (Fsp3) is 1.00. The van der Waals surface area contributed by atoms with Crippen molar-refractivity contribution in [3.63, 3.8) is 0 Å². The summed E-state index contributed by atoms with van der Waals surface area (Å²) in [6.07, 6.45) is 7.32. The Morgan fingerprint density at radius 2 is 1.62 bits per heavy atom. The molecule has 2 saturated carbocycles. The van der Waals surface area contributed by atoms with Gasteiger partial charge in [0.15, 0.2) is 0 Å². The van der Waals surface area contributed by atoms with E-state index in [-0.39, 0.29) is 5.60 Å². The first-order valence-electron chi connectivity index (χ1n) is 5.82. The van der Waals surface area contributed by atoms with Gasteiger partial charge in [0.1, 0.15) is 0 Å². The van der Waals surface area contributed by atoms with Gasteiger partial charge < -0.3 is 5.11 Å². The highest BCUT2D eigenvalue weighted by Gasteiger charge is 2.44. The molecule has 2 aliphatic carbocycles. The first-order valence-corrected chi connectivity index (χ1v) is 5.82. The second-order valence-corrected chi connectivity index (χ2v) is 5.59. The third kappa shape index (κ3) is 1.76. The van der Waals surface area contributed by atoms with Crippen LogP contribution in [0, 0.1) is 17.8 Å². The maximum atomic E-state index is 10.5. The van der Waals surface area contributed by atoms with Gasteiger partial charge in [0, 0.05) is 0 Å². The SMILES string of the molecule is CC1CC(C)CC(O)(C2CCC2)C1. The largest absolute Gasteiger partial charge is 0.390 e. The standard InChI is InChI=1S/C12H22O/c1-9-6-10(2)8-12(13,7-9)11-4-3-5-11/h9-11,13H,3-8H2,1-2H3. The van der Waals surface area contributed by atoms with Crippen LogP contribution < -0.4 is 0 Å². The van der Waals surface area contributed by atoms with Crippen molar-refractivity contribution in [3.05, 3.63) is 0 Å². The number of aliphatic hydroxyl groups is 1. The Hall–Kier alpha value is -0.0400. The molecule has 2 rings (SSSR count). The van der Waals surface area contributed by atoms with Crippen molar-refractivity contribution in [2.45, 2.75) is 58.0 Å². The molecular weight excluding hydrogens is 160 g/mol. The summed E-state index contributed by atoms with van der Waals surface area (Å²) < 4.78 is 0. The third-order valence-corrected chi connectivity index (χ3v) is 4.07. The van der Waals surface area contributed by atoms with E-state index < -0.39 is 0 Å². The molecule has 0 amide bonds. The zero-order valence-corrected chi connectivity index (χ0v) is 8.92. The zero-order valence-electron chi connectivity index (χ0n) is 8.92. The molecule has 0 aromatic rings. The molecule has 76 valence electrons. The summed E-state index contributed by atoms with van der Waals surface area (Å²) in [7, 11) is 0. The molecule has 0 spiro atoms. The van der Waals surface area contributed by atoms with Gasteiger partial charge >= 0.3 is 0 Å². The van der Waals surface area contributed by atoms with E-state index in [2.05, 4.69) is 13.8 Å². The summed E-state index contributed by atoms with van der Waals surface area (Å²) >= 11 is 0. The molecular formula is C12H22O. The lowest BCUT2D eigenvalue weighted by Crippen LogP contribution is -2.47. The minimum atomic E-state index is -0.282. The summed E-state index contributed by atoms with van der Waals surface area (Å²) in [4.78, 5) is 0. The van der Waals surface area contributed by atoms with E-state index in [0.29, 0.717) is 5.92 Å². The molecule has 2 unspecified atom stereocenters. The number of rotatable bonds is 1. The van der Waals surface area contributed by atoms with E-state index in [1.807, 2.05) is 0 Å². The maximum absolute atomic E-state index is 10.5. The van der Waals surface area contributed by atoms with Crippen LogP contribution in [0.2, 0.25) is 0 Å². The van der Waals surface area contributed by atoms with Crippen molar-refractivity contribution >= 4 is 0 Å². The highest BCUT2D eigenvalue weighted by Crippen LogP contribution is 2.47. The minimum Gasteiger partial charge on any atom is -0.390 e. The molecule has 0 aromatic carbocycles. The first-order chi connectivity index (χ1) is 6.10. The Balaban J connectivity index is 2.02. The maximum Gasteiger partial charge on any atom is 0.0680 e. The van der Waals surface area contributed by atoms with Crippen LogP contribution in [0.25, 0.3) is 0 Å². The summed E-state index contributed by atoms with van der Waals surface area (Å²) in [5.74, 6) is 2.10. The Kier molecular flexibility index (Phi) is 2.39. The number of hydrogen-bond acceptors (Lipinski definition) is 1. The Labute approximate surface area is 81.5 Å². The molecule has 1 N–H and O–H groups in total. The van der Waals surface area contributed by atoms with Gasteiger partial charge in [-0.1, -0.05) is 20.3 Å². The van der Waals surface area contributed by atoms with E-state index in [1.165, 1.54) is 25.7 Å². The molecule has 13 heavy (non-hydrogen) atoms. The smallest absolute Gasteiger partial charge is 0.0680 e. The molecule has 0 aliphatic heterocycles. The van der Waals surface area contributed by atoms with Gasteiger partial charge in [-0.05, 0) is 49.9 Å². The van der Waals surface area contributed by atoms with Crippen molar-refractivity contribution in [2.75, 3.05) is 0 Å². The second kappa shape index (κ2) is 3.27. The van der Waals surface area contributed by atoms with Crippen LogP contribution >= 0.6 is 0 Å². The van der Waals surface area contributed by atoms with Crippen LogP contribution in [0.15, 0.2) is 0 Å². The average molecular weight is 182 g/mol. The quantitative estimate of drug-likeness (QED) is 0.661. The topological polar surface area (TPSA) is 20.2 Å². The van der Waals surface area contributed by atoms with Crippen LogP contribution in [0.3, 0.4) is 0 Å². The fourth-order valence-electron chi connectivity index (χ4n) is 3.42. The summed E-state index contributed by atoms with van der Waals surface area (Å²) in [5, 5.41) is 10.5. The second-order valence-electron chi connectivity index (χ2n) is 5.59. The lowest BCUT2D eigenvalue weighted by atomic mass is 9.62. The van der Waals surface area contributed by atoms with Crippen molar-refractivity contribution in [3.8, 4) is 0 Å². The third-order valence-electron chi connectivity index (χ3n) is 4.07. The zero-order chi connectivity index (χ0) is 9.47. The summed E-state index contributed by atoms with van der Waals surface area (Å²) in [6, 6.07) is 0. The first kappa shape index (κ1) is 9.51. The summed E-state index contributed by atoms with van der Waals surface area (Å²) in [6.45, 7) is 4.58. The average Bonchev–Trinajstić information content (AvgIpc) is 1.75. The molecule has 0 bridgehead atoms. The number of hydrogen-bond donors (Lipinski definition) is 1. The van der Waals surface area contributed by atoms with Crippen LogP contribution in [0.1, 0.15) is 52.4 Å². The Morgan fingerprint density at radius 1 is 1.08 bits per heavy atom. The molecule has 2 aliphatic rings. The molecule has 0 saturated heterocycles. The fourth-order valence-corrected chi connectivity index (χ4v) is 3.42. The summed E-state index contributed by atoms with van der Waals surface area (Å²) in [5.41, 5.74) is -0.282. The van der Waals surface area contributed by atoms with Crippen molar-refractivity contribution in [2.24, 2.45) is 17.8 Å². The molecule has 2 atom stereocenters. The molecule has 0 aromatic heterocycles. The van der Waals surface area contributed by atoms with Crippen LogP contribution in [-0.2, 0) is 0 Å². The molecule has 0 heterocycles. The minimum absolute atomic E-state index is 0.282. The molecule has 2 fully saturated rings.